The molecule has 6 nitrogen and oxygen atoms in total. The maximum atomic E-state index is 11.6. The molecule has 24 heavy (non-hydrogen) atoms. The van der Waals surface area contributed by atoms with Gasteiger partial charge in [-0.25, -0.2) is 4.99 Å². The molecule has 0 spiro atoms. The molecule has 1 aromatic rings. The summed E-state index contributed by atoms with van der Waals surface area (Å²) in [7, 11) is 3.40. The molecule has 0 bridgehead atoms. The molecule has 0 saturated heterocycles. The summed E-state index contributed by atoms with van der Waals surface area (Å²) < 4.78 is 5.58. The van der Waals surface area contributed by atoms with Crippen LogP contribution in [0.2, 0.25) is 10.0 Å². The summed E-state index contributed by atoms with van der Waals surface area (Å²) in [5.74, 6) is 0.529. The third-order valence-corrected chi connectivity index (χ3v) is 3.61. The standard InChI is InChI=1S/C16H24Cl2N4O2/c1-4-19-16(21-10-15(23)22(2)3)20-7-8-24-11-12-5-6-13(17)9-14(12)18/h5-6,9H,4,7-8,10-11H2,1-3H3,(H2,19,20,21). The van der Waals surface area contributed by atoms with Crippen LogP contribution >= 0.6 is 23.2 Å². The summed E-state index contributed by atoms with van der Waals surface area (Å²) in [5.41, 5.74) is 0.887. The van der Waals surface area contributed by atoms with Crippen LogP contribution in [0.1, 0.15) is 12.5 Å². The highest BCUT2D eigenvalue weighted by molar-refractivity contribution is 6.35. The Morgan fingerprint density at radius 1 is 1.29 bits per heavy atom. The lowest BCUT2D eigenvalue weighted by atomic mass is 10.2. The van der Waals surface area contributed by atoms with Crippen LogP contribution in [0.15, 0.2) is 23.2 Å². The number of hydrogen-bond donors (Lipinski definition) is 2. The Kier molecular flexibility index (Phi) is 9.52. The van der Waals surface area contributed by atoms with Crippen LogP contribution < -0.4 is 10.6 Å². The molecule has 134 valence electrons. The molecule has 0 fully saturated rings. The van der Waals surface area contributed by atoms with Crippen molar-refractivity contribution in [3.05, 3.63) is 33.8 Å². The van der Waals surface area contributed by atoms with E-state index in [0.29, 0.717) is 42.3 Å². The first-order chi connectivity index (χ1) is 11.4. The quantitative estimate of drug-likeness (QED) is 0.415. The van der Waals surface area contributed by atoms with Crippen molar-refractivity contribution >= 4 is 35.1 Å². The number of rotatable bonds is 8. The molecule has 2 N–H and O–H groups in total. The van der Waals surface area contributed by atoms with E-state index in [2.05, 4.69) is 15.6 Å². The molecule has 1 amide bonds. The number of carbonyl (C=O) groups excluding carboxylic acids is 1. The first-order valence-electron chi connectivity index (χ1n) is 7.68. The number of aliphatic imine (C=N–C) groups is 1. The van der Waals surface area contributed by atoms with Crippen LogP contribution in [0.5, 0.6) is 0 Å². The average Bonchev–Trinajstić information content (AvgIpc) is 2.53. The van der Waals surface area contributed by atoms with Gasteiger partial charge < -0.3 is 20.3 Å². The molecular weight excluding hydrogens is 351 g/mol. The van der Waals surface area contributed by atoms with Gasteiger partial charge in [-0.15, -0.1) is 0 Å². The number of carbonyl (C=O) groups is 1. The van der Waals surface area contributed by atoms with Crippen LogP contribution in [0.25, 0.3) is 0 Å². The normalized spacial score (nSPS) is 11.3. The minimum absolute atomic E-state index is 0.0548. The summed E-state index contributed by atoms with van der Waals surface area (Å²) in [6.45, 7) is 4.22. The minimum atomic E-state index is -0.0548. The summed E-state index contributed by atoms with van der Waals surface area (Å²) in [5, 5.41) is 7.38. The van der Waals surface area contributed by atoms with E-state index in [-0.39, 0.29) is 12.5 Å². The molecule has 0 aliphatic rings. The number of ether oxygens (including phenoxy) is 1. The van der Waals surface area contributed by atoms with Gasteiger partial charge in [0.2, 0.25) is 5.91 Å². The van der Waals surface area contributed by atoms with E-state index >= 15 is 0 Å². The summed E-state index contributed by atoms with van der Waals surface area (Å²) in [6.07, 6.45) is 0. The first-order valence-corrected chi connectivity index (χ1v) is 8.43. The highest BCUT2D eigenvalue weighted by Gasteiger charge is 2.04. The van der Waals surface area contributed by atoms with Gasteiger partial charge in [-0.05, 0) is 24.6 Å². The molecule has 0 unspecified atom stereocenters. The topological polar surface area (TPSA) is 66.0 Å². The number of nitrogens with zero attached hydrogens (tertiary/aromatic N) is 2. The Labute approximate surface area is 153 Å². The average molecular weight is 375 g/mol. The van der Waals surface area contributed by atoms with Crippen molar-refractivity contribution in [1.29, 1.82) is 0 Å². The minimum Gasteiger partial charge on any atom is -0.375 e. The third kappa shape index (κ3) is 7.86. The molecule has 1 aromatic carbocycles. The van der Waals surface area contributed by atoms with E-state index in [9.17, 15) is 4.79 Å². The lowest BCUT2D eigenvalue weighted by Crippen LogP contribution is -2.39. The van der Waals surface area contributed by atoms with Crippen molar-refractivity contribution in [2.45, 2.75) is 13.5 Å². The van der Waals surface area contributed by atoms with Crippen molar-refractivity contribution in [3.8, 4) is 0 Å². The van der Waals surface area contributed by atoms with Gasteiger partial charge in [0.15, 0.2) is 5.96 Å². The zero-order valence-corrected chi connectivity index (χ0v) is 15.7. The maximum absolute atomic E-state index is 11.6. The van der Waals surface area contributed by atoms with Crippen molar-refractivity contribution in [2.75, 3.05) is 40.3 Å². The Balaban J connectivity index is 2.34. The van der Waals surface area contributed by atoms with Crippen LogP contribution in [0, 0.1) is 0 Å². The van der Waals surface area contributed by atoms with E-state index in [1.54, 1.807) is 26.2 Å². The van der Waals surface area contributed by atoms with Gasteiger partial charge in [0.1, 0.15) is 6.54 Å². The predicted molar refractivity (Wildman–Crippen MR) is 98.8 cm³/mol. The van der Waals surface area contributed by atoms with Crippen molar-refractivity contribution in [3.63, 3.8) is 0 Å². The zero-order chi connectivity index (χ0) is 17.9. The Morgan fingerprint density at radius 2 is 2.04 bits per heavy atom. The SMILES string of the molecule is CCNC(=NCC(=O)N(C)C)NCCOCc1ccc(Cl)cc1Cl. The molecule has 8 heteroatoms. The molecule has 0 atom stereocenters. The molecule has 0 saturated carbocycles. The Hall–Kier alpha value is -1.50. The number of benzene rings is 1. The molecule has 0 aliphatic heterocycles. The summed E-state index contributed by atoms with van der Waals surface area (Å²) in [6, 6.07) is 5.32. The zero-order valence-electron chi connectivity index (χ0n) is 14.2. The lowest BCUT2D eigenvalue weighted by Gasteiger charge is -2.13. The van der Waals surface area contributed by atoms with E-state index in [1.165, 1.54) is 4.90 Å². The Morgan fingerprint density at radius 3 is 2.67 bits per heavy atom. The van der Waals surface area contributed by atoms with Crippen molar-refractivity contribution in [2.24, 2.45) is 4.99 Å². The number of likely N-dealkylation sites (N-methyl/N-ethyl adjacent to an activating group) is 1. The number of hydrogen-bond acceptors (Lipinski definition) is 3. The number of amides is 1. The second-order valence-electron chi connectivity index (χ2n) is 5.20. The van der Waals surface area contributed by atoms with E-state index in [4.69, 9.17) is 27.9 Å². The highest BCUT2D eigenvalue weighted by Crippen LogP contribution is 2.21. The molecule has 0 heterocycles. The maximum Gasteiger partial charge on any atom is 0.243 e. The van der Waals surface area contributed by atoms with Crippen LogP contribution in [-0.2, 0) is 16.1 Å². The fourth-order valence-corrected chi connectivity index (χ4v) is 2.16. The van der Waals surface area contributed by atoms with Crippen molar-refractivity contribution < 1.29 is 9.53 Å². The fourth-order valence-electron chi connectivity index (χ4n) is 1.69. The van der Waals surface area contributed by atoms with Crippen LogP contribution in [-0.4, -0.2) is 57.1 Å². The highest BCUT2D eigenvalue weighted by atomic mass is 35.5. The smallest absolute Gasteiger partial charge is 0.243 e. The van der Waals surface area contributed by atoms with Crippen molar-refractivity contribution in [1.82, 2.24) is 15.5 Å². The van der Waals surface area contributed by atoms with E-state index in [1.807, 2.05) is 13.0 Å². The third-order valence-electron chi connectivity index (χ3n) is 3.03. The summed E-state index contributed by atoms with van der Waals surface area (Å²) in [4.78, 5) is 17.3. The van der Waals surface area contributed by atoms with Crippen LogP contribution in [0.4, 0.5) is 0 Å². The monoisotopic (exact) mass is 374 g/mol. The van der Waals surface area contributed by atoms with Gasteiger partial charge in [-0.1, -0.05) is 29.3 Å². The van der Waals surface area contributed by atoms with Gasteiger partial charge >= 0.3 is 0 Å². The van der Waals surface area contributed by atoms with E-state index in [0.717, 1.165) is 5.56 Å². The van der Waals surface area contributed by atoms with Gasteiger partial charge in [0.25, 0.3) is 0 Å². The van der Waals surface area contributed by atoms with Crippen LogP contribution in [0.3, 0.4) is 0 Å². The number of nitrogens with one attached hydrogen (secondary N) is 2. The van der Waals surface area contributed by atoms with Gasteiger partial charge in [-0.3, -0.25) is 4.79 Å². The van der Waals surface area contributed by atoms with E-state index < -0.39 is 0 Å². The van der Waals surface area contributed by atoms with Gasteiger partial charge in [-0.2, -0.15) is 0 Å². The number of halogens is 2. The second-order valence-corrected chi connectivity index (χ2v) is 6.04. The fraction of sp³-hybridized carbons (Fsp3) is 0.500. The predicted octanol–water partition coefficient (Wildman–Crippen LogP) is 2.15. The lowest BCUT2D eigenvalue weighted by molar-refractivity contribution is -0.127. The van der Waals surface area contributed by atoms with Gasteiger partial charge in [0, 0.05) is 37.2 Å². The molecule has 1 rings (SSSR count). The molecule has 0 aliphatic carbocycles. The van der Waals surface area contributed by atoms with Gasteiger partial charge in [0.05, 0.1) is 13.2 Å². The number of guanidine groups is 1. The molecule has 0 aromatic heterocycles. The second kappa shape index (κ2) is 11.1. The summed E-state index contributed by atoms with van der Waals surface area (Å²) >= 11 is 11.9. The Bertz CT molecular complexity index is 565. The molecule has 0 radical (unpaired) electrons. The largest absolute Gasteiger partial charge is 0.375 e. The first kappa shape index (κ1) is 20.5. The molecular formula is C16H24Cl2N4O2.